The van der Waals surface area contributed by atoms with E-state index >= 15 is 0 Å². The van der Waals surface area contributed by atoms with Crippen LogP contribution in [-0.4, -0.2) is 90.7 Å². The average Bonchev–Trinajstić information content (AvgIpc) is 3.43. The molecule has 0 N–H and O–H groups in total. The fourth-order valence-electron chi connectivity index (χ4n) is 6.71. The predicted molar refractivity (Wildman–Crippen MR) is 156 cm³/mol. The number of likely N-dealkylation sites (N-methyl/N-ethyl adjacent to an activating group) is 1. The number of hydrogen-bond acceptors (Lipinski definition) is 9. The van der Waals surface area contributed by atoms with Crippen LogP contribution in [0.2, 0.25) is 0 Å². The molecule has 1 amide bonds. The number of likely N-dealkylation sites (tertiary alicyclic amines) is 1. The van der Waals surface area contributed by atoms with Crippen LogP contribution < -0.4 is 14.5 Å². The lowest BCUT2D eigenvalue weighted by molar-refractivity contribution is -0.128. The van der Waals surface area contributed by atoms with Crippen molar-refractivity contribution in [2.45, 2.75) is 57.3 Å². The van der Waals surface area contributed by atoms with Crippen molar-refractivity contribution in [3.63, 3.8) is 0 Å². The second-order valence-corrected chi connectivity index (χ2v) is 11.4. The highest BCUT2D eigenvalue weighted by Gasteiger charge is 2.34. The van der Waals surface area contributed by atoms with Crippen LogP contribution in [0.15, 0.2) is 30.9 Å². The highest BCUT2D eigenvalue weighted by atomic mass is 16.5. The molecule has 2 saturated heterocycles. The van der Waals surface area contributed by atoms with Gasteiger partial charge in [-0.25, -0.2) is 0 Å². The summed E-state index contributed by atoms with van der Waals surface area (Å²) in [5, 5.41) is 9.51. The van der Waals surface area contributed by atoms with Crippen molar-refractivity contribution in [2.75, 3.05) is 62.8 Å². The van der Waals surface area contributed by atoms with E-state index in [4.69, 9.17) is 19.4 Å². The van der Waals surface area contributed by atoms with Crippen molar-refractivity contribution in [1.82, 2.24) is 19.8 Å². The van der Waals surface area contributed by atoms with Crippen molar-refractivity contribution in [1.29, 1.82) is 5.26 Å². The monoisotopic (exact) mass is 557 g/mol. The topological polar surface area (TPSA) is 98.1 Å². The lowest BCUT2D eigenvalue weighted by Gasteiger charge is -2.42. The van der Waals surface area contributed by atoms with Gasteiger partial charge in [0.05, 0.1) is 44.0 Å². The Labute approximate surface area is 242 Å². The largest absolute Gasteiger partial charge is 0.462 e. The van der Waals surface area contributed by atoms with Crippen molar-refractivity contribution < 1.29 is 14.3 Å². The second-order valence-electron chi connectivity index (χ2n) is 11.4. The number of anilines is 2. The molecule has 2 aromatic rings. The van der Waals surface area contributed by atoms with Crippen LogP contribution in [0.25, 0.3) is 0 Å². The number of ether oxygens (including phenoxy) is 2. The molecule has 2 atom stereocenters. The fourth-order valence-corrected chi connectivity index (χ4v) is 6.71. The zero-order valence-corrected chi connectivity index (χ0v) is 23.9. The van der Waals surface area contributed by atoms with Crippen molar-refractivity contribution >= 4 is 17.4 Å². The van der Waals surface area contributed by atoms with Gasteiger partial charge in [0, 0.05) is 43.5 Å². The minimum absolute atomic E-state index is 0.133. The summed E-state index contributed by atoms with van der Waals surface area (Å²) < 4.78 is 12.0. The number of benzene rings is 1. The quantitative estimate of drug-likeness (QED) is 0.476. The average molecular weight is 558 g/mol. The first-order valence-corrected chi connectivity index (χ1v) is 14.8. The van der Waals surface area contributed by atoms with Crippen LogP contribution in [0, 0.1) is 11.3 Å². The van der Waals surface area contributed by atoms with Crippen LogP contribution in [0.3, 0.4) is 0 Å². The molecule has 216 valence electrons. The SMILES string of the molecule is C=CC(=O)N1CCN(c2nc(OC[C@@H]3CCCN3C)nc3c2CCN(c2cccc4c2CCOC4)C3)C[C@@H]1CC#N. The number of fused-ring (bicyclic) bond motifs is 2. The number of hydrogen-bond donors (Lipinski definition) is 0. The standard InChI is InChI=1S/C31H39N7O3/c1-3-29(39)38-16-15-37(18-23(38)9-12-32)30-26-10-14-36(28-8-4-6-22-20-40-17-11-25(22)28)19-27(26)33-31(34-30)41-21-24-7-5-13-35(24)2/h3-4,6,8,23-24H,1,5,7,9-11,13-21H2,2H3/t23-,24-/m0/s1. The Kier molecular flexibility index (Phi) is 8.08. The van der Waals surface area contributed by atoms with Gasteiger partial charge in [0.15, 0.2) is 0 Å². The highest BCUT2D eigenvalue weighted by molar-refractivity contribution is 5.87. The minimum atomic E-state index is -0.223. The Hall–Kier alpha value is -3.68. The first-order valence-electron chi connectivity index (χ1n) is 14.8. The van der Waals surface area contributed by atoms with E-state index in [2.05, 4.69) is 52.6 Å². The number of aromatic nitrogens is 2. The predicted octanol–water partition coefficient (Wildman–Crippen LogP) is 2.70. The summed E-state index contributed by atoms with van der Waals surface area (Å²) >= 11 is 0. The lowest BCUT2D eigenvalue weighted by Crippen LogP contribution is -2.55. The molecule has 0 saturated carbocycles. The molecule has 0 radical (unpaired) electrons. The highest BCUT2D eigenvalue weighted by Crippen LogP contribution is 2.35. The van der Waals surface area contributed by atoms with E-state index in [0.717, 1.165) is 56.0 Å². The molecule has 1 aromatic carbocycles. The maximum atomic E-state index is 12.5. The number of piperazine rings is 1. The summed E-state index contributed by atoms with van der Waals surface area (Å²) in [5.41, 5.74) is 6.03. The van der Waals surface area contributed by atoms with Gasteiger partial charge in [-0.15, -0.1) is 0 Å². The number of carbonyl (C=O) groups is 1. The van der Waals surface area contributed by atoms with Crippen LogP contribution in [0.5, 0.6) is 6.01 Å². The Morgan fingerprint density at radius 2 is 2.07 bits per heavy atom. The molecule has 0 aliphatic carbocycles. The molecule has 41 heavy (non-hydrogen) atoms. The molecule has 5 heterocycles. The van der Waals surface area contributed by atoms with Gasteiger partial charge in [0.1, 0.15) is 12.4 Å². The first kappa shape index (κ1) is 27.5. The third-order valence-corrected chi connectivity index (χ3v) is 9.01. The van der Waals surface area contributed by atoms with E-state index in [-0.39, 0.29) is 18.4 Å². The Morgan fingerprint density at radius 1 is 1.17 bits per heavy atom. The number of amides is 1. The van der Waals surface area contributed by atoms with Crippen LogP contribution in [0.4, 0.5) is 11.5 Å². The molecule has 4 aliphatic heterocycles. The maximum Gasteiger partial charge on any atom is 0.318 e. The maximum absolute atomic E-state index is 12.5. The summed E-state index contributed by atoms with van der Waals surface area (Å²) in [6.45, 7) is 9.94. The van der Waals surface area contributed by atoms with Gasteiger partial charge in [0.25, 0.3) is 0 Å². The zero-order valence-electron chi connectivity index (χ0n) is 23.9. The van der Waals surface area contributed by atoms with Crippen molar-refractivity contribution in [2.24, 2.45) is 0 Å². The molecule has 6 rings (SSSR count). The molecule has 1 aromatic heterocycles. The fraction of sp³-hybridized carbons (Fsp3) is 0.548. The molecule has 10 nitrogen and oxygen atoms in total. The Morgan fingerprint density at radius 3 is 2.88 bits per heavy atom. The summed E-state index contributed by atoms with van der Waals surface area (Å²) in [6, 6.07) is 9.31. The Balaban J connectivity index is 1.31. The van der Waals surface area contributed by atoms with E-state index in [1.54, 1.807) is 4.90 Å². The van der Waals surface area contributed by atoms with Crippen molar-refractivity contribution in [3.8, 4) is 12.1 Å². The second kappa shape index (κ2) is 12.0. The van der Waals surface area contributed by atoms with Gasteiger partial charge < -0.3 is 29.1 Å². The summed E-state index contributed by atoms with van der Waals surface area (Å²) in [6.07, 6.45) is 5.61. The smallest absolute Gasteiger partial charge is 0.318 e. The number of nitriles is 1. The molecule has 0 unspecified atom stereocenters. The van der Waals surface area contributed by atoms with E-state index in [9.17, 15) is 10.1 Å². The zero-order chi connectivity index (χ0) is 28.3. The van der Waals surface area contributed by atoms with E-state index < -0.39 is 0 Å². The number of nitrogens with zero attached hydrogens (tertiary/aromatic N) is 7. The number of rotatable bonds is 7. The van der Waals surface area contributed by atoms with Crippen LogP contribution in [-0.2, 0) is 35.5 Å². The van der Waals surface area contributed by atoms with Gasteiger partial charge in [-0.1, -0.05) is 18.7 Å². The molecule has 0 spiro atoms. The molecular formula is C31H39N7O3. The van der Waals surface area contributed by atoms with E-state index in [1.165, 1.54) is 29.3 Å². The number of carbonyl (C=O) groups excluding carboxylic acids is 1. The third kappa shape index (κ3) is 5.61. The Bertz CT molecular complexity index is 1340. The molecule has 4 aliphatic rings. The van der Waals surface area contributed by atoms with Gasteiger partial charge in [0.2, 0.25) is 5.91 Å². The van der Waals surface area contributed by atoms with Crippen LogP contribution in [0.1, 0.15) is 41.6 Å². The molecular weight excluding hydrogens is 518 g/mol. The molecule has 0 bridgehead atoms. The van der Waals surface area contributed by atoms with Crippen LogP contribution >= 0.6 is 0 Å². The molecule has 10 heteroatoms. The lowest BCUT2D eigenvalue weighted by atomic mass is 9.97. The van der Waals surface area contributed by atoms with Gasteiger partial charge in [-0.3, -0.25) is 4.79 Å². The summed E-state index contributed by atoms with van der Waals surface area (Å²) in [4.78, 5) is 31.2. The van der Waals surface area contributed by atoms with E-state index in [1.807, 2.05) is 0 Å². The van der Waals surface area contributed by atoms with Gasteiger partial charge in [-0.2, -0.15) is 15.2 Å². The van der Waals surface area contributed by atoms with Gasteiger partial charge in [-0.05, 0) is 62.5 Å². The minimum Gasteiger partial charge on any atom is -0.462 e. The third-order valence-electron chi connectivity index (χ3n) is 9.01. The van der Waals surface area contributed by atoms with E-state index in [0.29, 0.717) is 51.4 Å². The van der Waals surface area contributed by atoms with Crippen molar-refractivity contribution in [3.05, 3.63) is 53.2 Å². The first-order chi connectivity index (χ1) is 20.1. The summed E-state index contributed by atoms with van der Waals surface area (Å²) in [5.74, 6) is 0.744. The molecule has 2 fully saturated rings. The van der Waals surface area contributed by atoms with Gasteiger partial charge >= 0.3 is 6.01 Å². The normalized spacial score (nSPS) is 22.6. The summed E-state index contributed by atoms with van der Waals surface area (Å²) in [7, 11) is 2.14.